The molecule has 0 spiro atoms. The Kier molecular flexibility index (Phi) is 10.8. The van der Waals surface area contributed by atoms with Gasteiger partial charge in [0.05, 0.1) is 34.4 Å². The number of nitriles is 1. The van der Waals surface area contributed by atoms with Crippen molar-refractivity contribution in [2.75, 3.05) is 11.9 Å². The molecule has 0 radical (unpaired) electrons. The van der Waals surface area contributed by atoms with Gasteiger partial charge in [-0.3, -0.25) is 4.79 Å². The highest BCUT2D eigenvalue weighted by molar-refractivity contribution is 9.10. The number of nitrogens with zero attached hydrogens (tertiary/aromatic N) is 4. The summed E-state index contributed by atoms with van der Waals surface area (Å²) in [6.45, 7) is 3.32. The predicted molar refractivity (Wildman–Crippen MR) is 171 cm³/mol. The second kappa shape index (κ2) is 14.5. The maximum Gasteiger partial charge on any atom is 0.226 e. The summed E-state index contributed by atoms with van der Waals surface area (Å²) in [4.78, 5) is 19.2. The summed E-state index contributed by atoms with van der Waals surface area (Å²) in [6, 6.07) is 22.4. The Hall–Kier alpha value is -3.42. The van der Waals surface area contributed by atoms with Crippen molar-refractivity contribution >= 4 is 68.1 Å². The number of hydrogen-bond donors (Lipinski definition) is 2. The Morgan fingerprint density at radius 1 is 1.15 bits per heavy atom. The van der Waals surface area contributed by atoms with Crippen molar-refractivity contribution in [2.45, 2.75) is 32.5 Å². The standard InChI is InChI=1S/C30H27BrCl2N6OS/c1-20(36-28(40)13-26-15-35-19-39(26)17-22-7-5-21(14-34)6-8-22)16-38(18-23-3-2-4-27(32)29(23)33)30(41)37-25-11-9-24(31)10-12-25/h2-12,15,19-20H,13,16-18H2,1H3,(H,36,40)(H,37,41)/t20-/m0/s1. The zero-order chi connectivity index (χ0) is 29.4. The molecule has 3 aromatic carbocycles. The number of hydrogen-bond acceptors (Lipinski definition) is 4. The third-order valence-corrected chi connectivity index (χ3v) is 8.00. The third-order valence-electron chi connectivity index (χ3n) is 6.25. The molecule has 0 bridgehead atoms. The van der Waals surface area contributed by atoms with Crippen molar-refractivity contribution in [3.8, 4) is 6.07 Å². The molecule has 0 unspecified atom stereocenters. The molecule has 0 aliphatic rings. The first-order chi connectivity index (χ1) is 19.7. The van der Waals surface area contributed by atoms with Gasteiger partial charge in [-0.2, -0.15) is 5.26 Å². The molecule has 0 saturated heterocycles. The van der Waals surface area contributed by atoms with Gasteiger partial charge in [-0.15, -0.1) is 0 Å². The quantitative estimate of drug-likeness (QED) is 0.180. The number of rotatable bonds is 10. The number of benzene rings is 3. The number of carbonyl (C=O) groups excluding carboxylic acids is 1. The highest BCUT2D eigenvalue weighted by Crippen LogP contribution is 2.27. The molecular formula is C30H27BrCl2N6OS. The lowest BCUT2D eigenvalue weighted by atomic mass is 10.1. The summed E-state index contributed by atoms with van der Waals surface area (Å²) in [6.07, 6.45) is 3.56. The Morgan fingerprint density at radius 3 is 2.59 bits per heavy atom. The summed E-state index contributed by atoms with van der Waals surface area (Å²) in [5.74, 6) is -0.133. The van der Waals surface area contributed by atoms with Crippen molar-refractivity contribution in [3.63, 3.8) is 0 Å². The van der Waals surface area contributed by atoms with Gasteiger partial charge < -0.3 is 20.1 Å². The smallest absolute Gasteiger partial charge is 0.226 e. The number of halogens is 3. The van der Waals surface area contributed by atoms with E-state index < -0.39 is 0 Å². The van der Waals surface area contributed by atoms with Crippen molar-refractivity contribution in [2.24, 2.45) is 0 Å². The maximum atomic E-state index is 13.0. The molecule has 0 fully saturated rings. The highest BCUT2D eigenvalue weighted by Gasteiger charge is 2.19. The summed E-state index contributed by atoms with van der Waals surface area (Å²) in [7, 11) is 0. The molecule has 0 aliphatic heterocycles. The molecule has 1 aromatic heterocycles. The molecule has 0 saturated carbocycles. The van der Waals surface area contributed by atoms with Crippen LogP contribution in [0.3, 0.4) is 0 Å². The second-order valence-electron chi connectivity index (χ2n) is 9.50. The van der Waals surface area contributed by atoms with Crippen LogP contribution in [-0.2, 0) is 24.3 Å². The van der Waals surface area contributed by atoms with E-state index in [9.17, 15) is 4.79 Å². The van der Waals surface area contributed by atoms with Crippen LogP contribution >= 0.6 is 51.3 Å². The van der Waals surface area contributed by atoms with Gasteiger partial charge in [-0.1, -0.05) is 63.4 Å². The van der Waals surface area contributed by atoms with Crippen molar-refractivity contribution in [1.29, 1.82) is 5.26 Å². The molecule has 4 aromatic rings. The zero-order valence-electron chi connectivity index (χ0n) is 22.2. The lowest BCUT2D eigenvalue weighted by molar-refractivity contribution is -0.121. The van der Waals surface area contributed by atoms with Crippen LogP contribution in [0.4, 0.5) is 5.69 Å². The Bertz CT molecular complexity index is 1550. The van der Waals surface area contributed by atoms with Gasteiger partial charge in [-0.25, -0.2) is 4.98 Å². The number of amides is 1. The molecule has 41 heavy (non-hydrogen) atoms. The van der Waals surface area contributed by atoms with Crippen LogP contribution in [0.2, 0.25) is 10.0 Å². The summed E-state index contributed by atoms with van der Waals surface area (Å²) in [5.41, 5.74) is 4.07. The van der Waals surface area contributed by atoms with E-state index in [1.165, 1.54) is 0 Å². The minimum absolute atomic E-state index is 0.133. The molecule has 7 nitrogen and oxygen atoms in total. The minimum Gasteiger partial charge on any atom is -0.352 e. The van der Waals surface area contributed by atoms with E-state index >= 15 is 0 Å². The first-order valence-electron chi connectivity index (χ1n) is 12.7. The van der Waals surface area contributed by atoms with Crippen LogP contribution in [0.25, 0.3) is 0 Å². The number of nitrogens with one attached hydrogen (secondary N) is 2. The monoisotopic (exact) mass is 668 g/mol. The summed E-state index contributed by atoms with van der Waals surface area (Å²) >= 11 is 22.0. The lowest BCUT2D eigenvalue weighted by Gasteiger charge is -2.29. The van der Waals surface area contributed by atoms with Crippen molar-refractivity contribution in [3.05, 3.63) is 116 Å². The fraction of sp³-hybridized carbons (Fsp3) is 0.200. The van der Waals surface area contributed by atoms with E-state index in [2.05, 4.69) is 37.6 Å². The molecule has 0 aliphatic carbocycles. The predicted octanol–water partition coefficient (Wildman–Crippen LogP) is 6.82. The van der Waals surface area contributed by atoms with Crippen LogP contribution in [0.5, 0.6) is 0 Å². The Morgan fingerprint density at radius 2 is 1.88 bits per heavy atom. The molecule has 2 N–H and O–H groups in total. The van der Waals surface area contributed by atoms with Gasteiger partial charge in [0.15, 0.2) is 5.11 Å². The Labute approximate surface area is 263 Å². The van der Waals surface area contributed by atoms with E-state index in [1.807, 2.05) is 64.9 Å². The largest absolute Gasteiger partial charge is 0.352 e. The summed E-state index contributed by atoms with van der Waals surface area (Å²) in [5, 5.41) is 16.8. The molecular weight excluding hydrogens is 643 g/mol. The summed E-state index contributed by atoms with van der Waals surface area (Å²) < 4.78 is 2.89. The first-order valence-corrected chi connectivity index (χ1v) is 14.7. The normalized spacial score (nSPS) is 11.4. The third kappa shape index (κ3) is 8.78. The van der Waals surface area contributed by atoms with E-state index in [0.717, 1.165) is 27.0 Å². The second-order valence-corrected chi connectivity index (χ2v) is 11.6. The van der Waals surface area contributed by atoms with E-state index in [1.54, 1.807) is 30.7 Å². The fourth-order valence-electron chi connectivity index (χ4n) is 4.22. The van der Waals surface area contributed by atoms with Gasteiger partial charge in [0, 0.05) is 47.7 Å². The van der Waals surface area contributed by atoms with Gasteiger partial charge in [0.1, 0.15) is 0 Å². The van der Waals surface area contributed by atoms with Crippen molar-refractivity contribution < 1.29 is 4.79 Å². The average molecular weight is 670 g/mol. The Balaban J connectivity index is 1.41. The van der Waals surface area contributed by atoms with Gasteiger partial charge in [-0.05, 0) is 72.7 Å². The average Bonchev–Trinajstić information content (AvgIpc) is 3.38. The van der Waals surface area contributed by atoms with E-state index in [0.29, 0.717) is 40.4 Å². The molecule has 1 amide bonds. The number of anilines is 1. The SMILES string of the molecule is C[C@@H](CN(Cc1cccc(Cl)c1Cl)C(=S)Nc1ccc(Br)cc1)NC(=O)Cc1cncn1Cc1ccc(C#N)cc1. The molecule has 1 heterocycles. The van der Waals surface area contributed by atoms with Crippen LogP contribution in [0.15, 0.2) is 83.7 Å². The number of imidazole rings is 1. The van der Waals surface area contributed by atoms with Gasteiger partial charge >= 0.3 is 0 Å². The van der Waals surface area contributed by atoms with Gasteiger partial charge in [0.2, 0.25) is 5.91 Å². The van der Waals surface area contributed by atoms with Crippen LogP contribution in [0.1, 0.15) is 29.3 Å². The lowest BCUT2D eigenvalue weighted by Crippen LogP contribution is -2.45. The van der Waals surface area contributed by atoms with Crippen LogP contribution < -0.4 is 10.6 Å². The number of thiocarbonyl (C=S) groups is 1. The van der Waals surface area contributed by atoms with Crippen LogP contribution in [0, 0.1) is 11.3 Å². The van der Waals surface area contributed by atoms with Crippen LogP contribution in [-0.4, -0.2) is 38.1 Å². The zero-order valence-corrected chi connectivity index (χ0v) is 26.1. The minimum atomic E-state index is -0.236. The molecule has 1 atom stereocenters. The highest BCUT2D eigenvalue weighted by atomic mass is 79.9. The molecule has 11 heteroatoms. The maximum absolute atomic E-state index is 13.0. The van der Waals surface area contributed by atoms with E-state index in [4.69, 9.17) is 40.7 Å². The topological polar surface area (TPSA) is 86.0 Å². The first kappa shape index (κ1) is 30.5. The number of aromatic nitrogens is 2. The molecule has 4 rings (SSSR count). The fourth-order valence-corrected chi connectivity index (χ4v) is 5.12. The molecule has 210 valence electrons. The van der Waals surface area contributed by atoms with Crippen molar-refractivity contribution in [1.82, 2.24) is 19.8 Å². The van der Waals surface area contributed by atoms with Gasteiger partial charge in [0.25, 0.3) is 0 Å². The van der Waals surface area contributed by atoms with E-state index in [-0.39, 0.29) is 18.4 Å². The number of carbonyl (C=O) groups is 1.